The minimum absolute atomic E-state index is 0.0320. The van der Waals surface area contributed by atoms with Gasteiger partial charge in [0.05, 0.1) is 18.2 Å². The van der Waals surface area contributed by atoms with E-state index in [2.05, 4.69) is 4.74 Å². The quantitative estimate of drug-likeness (QED) is 0.873. The summed E-state index contributed by atoms with van der Waals surface area (Å²) in [5.41, 5.74) is 1.08. The van der Waals surface area contributed by atoms with Crippen LogP contribution in [0, 0.1) is 11.3 Å². The van der Waals surface area contributed by atoms with Crippen LogP contribution >= 0.6 is 0 Å². The van der Waals surface area contributed by atoms with Crippen LogP contribution in [0.25, 0.3) is 0 Å². The van der Waals surface area contributed by atoms with Gasteiger partial charge < -0.3 is 4.74 Å². The zero-order valence-corrected chi connectivity index (χ0v) is 12.0. The lowest BCUT2D eigenvalue weighted by molar-refractivity contribution is 0.158. The van der Waals surface area contributed by atoms with Gasteiger partial charge in [-0.05, 0) is 24.6 Å². The van der Waals surface area contributed by atoms with Crippen molar-refractivity contribution < 1.29 is 17.9 Å². The number of nitriles is 1. The van der Waals surface area contributed by atoms with Gasteiger partial charge in [0.1, 0.15) is 0 Å². The van der Waals surface area contributed by atoms with Crippen molar-refractivity contribution in [1.82, 2.24) is 9.03 Å². The van der Waals surface area contributed by atoms with Crippen LogP contribution in [-0.4, -0.2) is 32.5 Å². The van der Waals surface area contributed by atoms with E-state index in [9.17, 15) is 13.2 Å². The molecule has 0 saturated carbocycles. The van der Waals surface area contributed by atoms with E-state index < -0.39 is 16.3 Å². The highest BCUT2D eigenvalue weighted by atomic mass is 32.2. The molecular formula is C12H15N3O4S. The van der Waals surface area contributed by atoms with Gasteiger partial charge in [0.15, 0.2) is 0 Å². The summed E-state index contributed by atoms with van der Waals surface area (Å²) in [7, 11) is -2.65. The average Bonchev–Trinajstić information content (AvgIpc) is 2.38. The fourth-order valence-electron chi connectivity index (χ4n) is 1.43. The summed E-state index contributed by atoms with van der Waals surface area (Å²) in [6, 6.07) is 8.52. The van der Waals surface area contributed by atoms with Crippen LogP contribution in [0.1, 0.15) is 18.1 Å². The van der Waals surface area contributed by atoms with E-state index in [0.717, 1.165) is 4.31 Å². The summed E-state index contributed by atoms with van der Waals surface area (Å²) in [6.45, 7) is 1.68. The Labute approximate surface area is 117 Å². The average molecular weight is 297 g/mol. The highest BCUT2D eigenvalue weighted by molar-refractivity contribution is 7.87. The molecule has 1 aromatic rings. The third-order valence-corrected chi connectivity index (χ3v) is 3.73. The van der Waals surface area contributed by atoms with Crippen LogP contribution in [-0.2, 0) is 21.5 Å². The normalized spacial score (nSPS) is 10.9. The Hall–Kier alpha value is -2.11. The monoisotopic (exact) mass is 297 g/mol. The smallest absolute Gasteiger partial charge is 0.421 e. The molecule has 0 unspecified atom stereocenters. The fourth-order valence-corrected chi connectivity index (χ4v) is 2.17. The molecule has 0 heterocycles. The molecular weight excluding hydrogens is 282 g/mol. The molecule has 0 spiro atoms. The van der Waals surface area contributed by atoms with Crippen molar-refractivity contribution in [2.45, 2.75) is 13.5 Å². The van der Waals surface area contributed by atoms with E-state index in [4.69, 9.17) is 5.26 Å². The zero-order chi connectivity index (χ0) is 15.2. The first-order chi connectivity index (χ1) is 9.39. The molecule has 1 N–H and O–H groups in total. The van der Waals surface area contributed by atoms with Crippen molar-refractivity contribution in [1.29, 1.82) is 5.26 Å². The lowest BCUT2D eigenvalue weighted by Gasteiger charge is -2.17. The molecule has 0 aliphatic rings. The van der Waals surface area contributed by atoms with Crippen LogP contribution < -0.4 is 4.72 Å². The molecule has 0 aromatic heterocycles. The van der Waals surface area contributed by atoms with Gasteiger partial charge >= 0.3 is 16.3 Å². The summed E-state index contributed by atoms with van der Waals surface area (Å²) in [5, 5.41) is 8.78. The molecule has 1 rings (SSSR count). The van der Waals surface area contributed by atoms with Crippen molar-refractivity contribution in [2.24, 2.45) is 0 Å². The third kappa shape index (κ3) is 4.53. The van der Waals surface area contributed by atoms with Gasteiger partial charge in [-0.25, -0.2) is 9.52 Å². The highest BCUT2D eigenvalue weighted by Gasteiger charge is 2.21. The van der Waals surface area contributed by atoms with Gasteiger partial charge in [0, 0.05) is 13.6 Å². The van der Waals surface area contributed by atoms with Gasteiger partial charge in [-0.1, -0.05) is 12.1 Å². The molecule has 8 heteroatoms. The van der Waals surface area contributed by atoms with E-state index in [-0.39, 0.29) is 13.2 Å². The van der Waals surface area contributed by atoms with Gasteiger partial charge in [-0.15, -0.1) is 0 Å². The van der Waals surface area contributed by atoms with Crippen molar-refractivity contribution in [3.05, 3.63) is 35.4 Å². The number of ether oxygens (including phenoxy) is 1. The lowest BCUT2D eigenvalue weighted by Crippen LogP contribution is -2.41. The summed E-state index contributed by atoms with van der Waals surface area (Å²) >= 11 is 0. The number of carbonyl (C=O) groups excluding carboxylic acids is 1. The summed E-state index contributed by atoms with van der Waals surface area (Å²) in [5.74, 6) is 0. The Kier molecular flexibility index (Phi) is 5.49. The van der Waals surface area contributed by atoms with Crippen LogP contribution in [0.3, 0.4) is 0 Å². The van der Waals surface area contributed by atoms with Crippen molar-refractivity contribution >= 4 is 16.3 Å². The standard InChI is InChI=1S/C12H15N3O4S/c1-3-19-12(16)14-20(17,18)15(2)9-11-6-4-5-10(7-11)8-13/h4-7H,3,9H2,1-2H3,(H,14,16). The number of hydrogen-bond donors (Lipinski definition) is 1. The van der Waals surface area contributed by atoms with Crippen LogP contribution in [0.15, 0.2) is 24.3 Å². The first kappa shape index (κ1) is 15.9. The Bertz CT molecular complexity index is 622. The van der Waals surface area contributed by atoms with Crippen molar-refractivity contribution in [3.63, 3.8) is 0 Å². The topological polar surface area (TPSA) is 99.5 Å². The van der Waals surface area contributed by atoms with E-state index in [0.29, 0.717) is 11.1 Å². The largest absolute Gasteiger partial charge is 0.449 e. The molecule has 0 saturated heterocycles. The number of nitrogens with zero attached hydrogens (tertiary/aromatic N) is 2. The maximum Gasteiger partial charge on any atom is 0.421 e. The van der Waals surface area contributed by atoms with Crippen LogP contribution in [0.2, 0.25) is 0 Å². The SMILES string of the molecule is CCOC(=O)NS(=O)(=O)N(C)Cc1cccc(C#N)c1. The molecule has 0 radical (unpaired) electrons. The minimum Gasteiger partial charge on any atom is -0.449 e. The number of amides is 1. The second kappa shape index (κ2) is 6.88. The molecule has 1 amide bonds. The van der Waals surface area contributed by atoms with Crippen molar-refractivity contribution in [2.75, 3.05) is 13.7 Å². The molecule has 0 atom stereocenters. The maximum absolute atomic E-state index is 11.8. The molecule has 20 heavy (non-hydrogen) atoms. The first-order valence-electron chi connectivity index (χ1n) is 5.79. The Morgan fingerprint density at radius 3 is 2.80 bits per heavy atom. The van der Waals surface area contributed by atoms with Crippen LogP contribution in [0.4, 0.5) is 4.79 Å². The van der Waals surface area contributed by atoms with E-state index in [1.54, 1.807) is 35.9 Å². The van der Waals surface area contributed by atoms with Gasteiger partial charge in [-0.2, -0.15) is 18.0 Å². The molecule has 1 aromatic carbocycles. The van der Waals surface area contributed by atoms with Crippen molar-refractivity contribution in [3.8, 4) is 6.07 Å². The summed E-state index contributed by atoms with van der Waals surface area (Å²) in [6.07, 6.45) is -1.02. The molecule has 108 valence electrons. The third-order valence-electron chi connectivity index (χ3n) is 2.36. The number of carbonyl (C=O) groups is 1. The van der Waals surface area contributed by atoms with E-state index in [1.807, 2.05) is 6.07 Å². The number of rotatable bonds is 5. The number of hydrogen-bond acceptors (Lipinski definition) is 5. The van der Waals surface area contributed by atoms with E-state index >= 15 is 0 Å². The van der Waals surface area contributed by atoms with Gasteiger partial charge in [0.2, 0.25) is 0 Å². The highest BCUT2D eigenvalue weighted by Crippen LogP contribution is 2.08. The second-order valence-corrected chi connectivity index (χ2v) is 5.67. The van der Waals surface area contributed by atoms with E-state index in [1.165, 1.54) is 7.05 Å². The Morgan fingerprint density at radius 1 is 1.50 bits per heavy atom. The number of benzene rings is 1. The minimum atomic E-state index is -3.97. The second-order valence-electron chi connectivity index (χ2n) is 3.90. The molecule has 7 nitrogen and oxygen atoms in total. The van der Waals surface area contributed by atoms with Gasteiger partial charge in [-0.3, -0.25) is 0 Å². The van der Waals surface area contributed by atoms with Gasteiger partial charge in [0.25, 0.3) is 0 Å². The number of nitrogens with one attached hydrogen (secondary N) is 1. The Balaban J connectivity index is 2.76. The first-order valence-corrected chi connectivity index (χ1v) is 7.23. The Morgan fingerprint density at radius 2 is 2.20 bits per heavy atom. The predicted molar refractivity (Wildman–Crippen MR) is 71.7 cm³/mol. The molecule has 0 fully saturated rings. The lowest BCUT2D eigenvalue weighted by atomic mass is 10.1. The van der Waals surface area contributed by atoms with Crippen LogP contribution in [0.5, 0.6) is 0 Å². The fraction of sp³-hybridized carbons (Fsp3) is 0.333. The summed E-state index contributed by atoms with van der Waals surface area (Å²) in [4.78, 5) is 11.1. The molecule has 0 bridgehead atoms. The predicted octanol–water partition coefficient (Wildman–Crippen LogP) is 0.981. The molecule has 0 aliphatic carbocycles. The zero-order valence-electron chi connectivity index (χ0n) is 11.2. The maximum atomic E-state index is 11.8. The molecule has 0 aliphatic heterocycles. The summed E-state index contributed by atoms with van der Waals surface area (Å²) < 4.78 is 30.9.